The zero-order valence-corrected chi connectivity index (χ0v) is 13.1. The second-order valence-electron chi connectivity index (χ2n) is 7.40. The van der Waals surface area contributed by atoms with Crippen molar-refractivity contribution in [1.29, 1.82) is 0 Å². The molecule has 21 heavy (non-hydrogen) atoms. The molecule has 2 unspecified atom stereocenters. The van der Waals surface area contributed by atoms with E-state index in [1.54, 1.807) is 0 Å². The Morgan fingerprint density at radius 2 is 2.05 bits per heavy atom. The lowest BCUT2D eigenvalue weighted by Crippen LogP contribution is -2.64. The van der Waals surface area contributed by atoms with Crippen LogP contribution in [0, 0.1) is 12.3 Å². The van der Waals surface area contributed by atoms with Gasteiger partial charge in [-0.05, 0) is 31.7 Å². The van der Waals surface area contributed by atoms with Crippen molar-refractivity contribution in [2.45, 2.75) is 64.0 Å². The molecule has 3 nitrogen and oxygen atoms in total. The minimum atomic E-state index is -0.345. The van der Waals surface area contributed by atoms with Gasteiger partial charge in [0.05, 0.1) is 11.5 Å². The lowest BCUT2D eigenvalue weighted by atomic mass is 9.61. The quantitative estimate of drug-likeness (QED) is 0.898. The number of nitrogens with one attached hydrogen (secondary N) is 1. The molecule has 0 radical (unpaired) electrons. The lowest BCUT2D eigenvalue weighted by Gasteiger charge is -2.51. The molecular formula is C18H25NO2. The monoisotopic (exact) mass is 287 g/mol. The fraction of sp³-hybridized carbons (Fsp3) is 0.611. The Morgan fingerprint density at radius 3 is 2.52 bits per heavy atom. The molecule has 1 amide bonds. The molecule has 0 aliphatic heterocycles. The van der Waals surface area contributed by atoms with Crippen molar-refractivity contribution in [2.75, 3.05) is 0 Å². The van der Waals surface area contributed by atoms with E-state index in [9.17, 15) is 9.90 Å². The molecule has 0 heterocycles. The zero-order valence-electron chi connectivity index (χ0n) is 13.1. The van der Waals surface area contributed by atoms with Gasteiger partial charge in [-0.15, -0.1) is 0 Å². The number of carbonyl (C=O) groups is 1. The molecule has 0 bridgehead atoms. The second kappa shape index (κ2) is 4.84. The normalized spacial score (nSPS) is 29.1. The standard InChI is InChI=1S/C18H25NO2/c1-12-6-4-7-13(10-12)18(8-5-9-18)16(21)19-14-11-15(20)17(14,2)3/h4,6-7,10,14-15,20H,5,8-9,11H2,1-3H3,(H,19,21). The third kappa shape index (κ3) is 2.18. The van der Waals surface area contributed by atoms with Gasteiger partial charge in [0.15, 0.2) is 0 Å². The SMILES string of the molecule is Cc1cccc(C2(C(=O)NC3CC(O)C3(C)C)CCC2)c1. The predicted molar refractivity (Wildman–Crippen MR) is 83.0 cm³/mol. The number of hydrogen-bond donors (Lipinski definition) is 2. The molecule has 2 fully saturated rings. The minimum absolute atomic E-state index is 0.0854. The van der Waals surface area contributed by atoms with Gasteiger partial charge < -0.3 is 10.4 Å². The fourth-order valence-corrected chi connectivity index (χ4v) is 3.56. The highest BCUT2D eigenvalue weighted by Gasteiger charge is 2.52. The molecule has 2 aliphatic carbocycles. The van der Waals surface area contributed by atoms with Gasteiger partial charge in [-0.25, -0.2) is 0 Å². The van der Waals surface area contributed by atoms with Crippen molar-refractivity contribution in [3.8, 4) is 0 Å². The first-order valence-electron chi connectivity index (χ1n) is 7.92. The maximum Gasteiger partial charge on any atom is 0.230 e. The average Bonchev–Trinajstić information content (AvgIpc) is 2.37. The molecule has 2 aliphatic rings. The van der Waals surface area contributed by atoms with Crippen molar-refractivity contribution < 1.29 is 9.90 Å². The number of carbonyl (C=O) groups excluding carboxylic acids is 1. The first-order chi connectivity index (χ1) is 9.86. The number of amides is 1. The first kappa shape index (κ1) is 14.6. The van der Waals surface area contributed by atoms with Crippen molar-refractivity contribution in [1.82, 2.24) is 5.32 Å². The molecule has 114 valence electrons. The molecule has 1 aromatic carbocycles. The maximum absolute atomic E-state index is 12.9. The number of benzene rings is 1. The smallest absolute Gasteiger partial charge is 0.230 e. The summed E-state index contributed by atoms with van der Waals surface area (Å²) in [5.74, 6) is 0.143. The van der Waals surface area contributed by atoms with E-state index in [0.717, 1.165) is 24.8 Å². The maximum atomic E-state index is 12.9. The van der Waals surface area contributed by atoms with Crippen LogP contribution in [0.3, 0.4) is 0 Å². The van der Waals surface area contributed by atoms with Gasteiger partial charge in [0.1, 0.15) is 0 Å². The average molecular weight is 287 g/mol. The number of aryl methyl sites for hydroxylation is 1. The van der Waals surface area contributed by atoms with Crippen molar-refractivity contribution in [3.63, 3.8) is 0 Å². The van der Waals surface area contributed by atoms with Crippen LogP contribution < -0.4 is 5.32 Å². The predicted octanol–water partition coefficient (Wildman–Crippen LogP) is 2.69. The molecule has 3 rings (SSSR count). The third-order valence-corrected chi connectivity index (χ3v) is 5.73. The van der Waals surface area contributed by atoms with Crippen LogP contribution in [0.5, 0.6) is 0 Å². The zero-order chi connectivity index (χ0) is 15.3. The highest BCUT2D eigenvalue weighted by atomic mass is 16.3. The van der Waals surface area contributed by atoms with E-state index < -0.39 is 0 Å². The summed E-state index contributed by atoms with van der Waals surface area (Å²) < 4.78 is 0. The highest BCUT2D eigenvalue weighted by molar-refractivity contribution is 5.89. The van der Waals surface area contributed by atoms with E-state index in [4.69, 9.17) is 0 Å². The van der Waals surface area contributed by atoms with Gasteiger partial charge in [0, 0.05) is 11.5 Å². The molecule has 0 saturated heterocycles. The van der Waals surface area contributed by atoms with E-state index in [-0.39, 0.29) is 28.9 Å². The number of aliphatic hydroxyl groups excluding tert-OH is 1. The molecule has 3 heteroatoms. The topological polar surface area (TPSA) is 49.3 Å². The van der Waals surface area contributed by atoms with Crippen LogP contribution >= 0.6 is 0 Å². The molecule has 2 N–H and O–H groups in total. The van der Waals surface area contributed by atoms with Crippen molar-refractivity contribution in [3.05, 3.63) is 35.4 Å². The molecule has 1 aromatic rings. The van der Waals surface area contributed by atoms with E-state index >= 15 is 0 Å². The minimum Gasteiger partial charge on any atom is -0.392 e. The Bertz CT molecular complexity index is 560. The number of hydrogen-bond acceptors (Lipinski definition) is 2. The van der Waals surface area contributed by atoms with Crippen molar-refractivity contribution in [2.24, 2.45) is 5.41 Å². The Morgan fingerprint density at radius 1 is 1.33 bits per heavy atom. The summed E-state index contributed by atoms with van der Waals surface area (Å²) in [5.41, 5.74) is 1.78. The summed E-state index contributed by atoms with van der Waals surface area (Å²) >= 11 is 0. The first-order valence-corrected chi connectivity index (χ1v) is 7.92. The van der Waals surface area contributed by atoms with Crippen LogP contribution in [0.15, 0.2) is 24.3 Å². The summed E-state index contributed by atoms with van der Waals surface area (Å²) in [6.45, 7) is 6.11. The van der Waals surface area contributed by atoms with Crippen LogP contribution in [-0.2, 0) is 10.2 Å². The largest absolute Gasteiger partial charge is 0.392 e. The Labute approximate surface area is 126 Å². The van der Waals surface area contributed by atoms with E-state index in [1.807, 2.05) is 19.9 Å². The van der Waals surface area contributed by atoms with Crippen LogP contribution in [-0.4, -0.2) is 23.2 Å². The van der Waals surface area contributed by atoms with Crippen LogP contribution in [0.25, 0.3) is 0 Å². The number of aliphatic hydroxyl groups is 1. The van der Waals surface area contributed by atoms with Crippen molar-refractivity contribution >= 4 is 5.91 Å². The third-order valence-electron chi connectivity index (χ3n) is 5.73. The summed E-state index contributed by atoms with van der Waals surface area (Å²) in [7, 11) is 0. The Hall–Kier alpha value is -1.35. The van der Waals surface area contributed by atoms with E-state index in [1.165, 1.54) is 5.56 Å². The van der Waals surface area contributed by atoms with Gasteiger partial charge in [-0.1, -0.05) is 50.1 Å². The molecular weight excluding hydrogens is 262 g/mol. The van der Waals surface area contributed by atoms with Crippen LogP contribution in [0.1, 0.15) is 50.7 Å². The van der Waals surface area contributed by atoms with Gasteiger partial charge in [0.25, 0.3) is 0 Å². The highest BCUT2D eigenvalue weighted by Crippen LogP contribution is 2.46. The second-order valence-corrected chi connectivity index (χ2v) is 7.40. The van der Waals surface area contributed by atoms with Gasteiger partial charge >= 0.3 is 0 Å². The fourth-order valence-electron chi connectivity index (χ4n) is 3.56. The van der Waals surface area contributed by atoms with Gasteiger partial charge in [-0.3, -0.25) is 4.79 Å². The number of rotatable bonds is 3. The van der Waals surface area contributed by atoms with E-state index in [0.29, 0.717) is 6.42 Å². The molecule has 0 spiro atoms. The molecule has 0 aromatic heterocycles. The van der Waals surface area contributed by atoms with Crippen LogP contribution in [0.2, 0.25) is 0 Å². The molecule has 2 saturated carbocycles. The summed E-state index contributed by atoms with van der Waals surface area (Å²) in [6.07, 6.45) is 3.33. The summed E-state index contributed by atoms with van der Waals surface area (Å²) in [6, 6.07) is 8.41. The Kier molecular flexibility index (Phi) is 3.36. The summed E-state index contributed by atoms with van der Waals surface area (Å²) in [4.78, 5) is 12.9. The van der Waals surface area contributed by atoms with Gasteiger partial charge in [0.2, 0.25) is 5.91 Å². The van der Waals surface area contributed by atoms with Crippen LogP contribution in [0.4, 0.5) is 0 Å². The molecule has 2 atom stereocenters. The Balaban J connectivity index is 1.79. The van der Waals surface area contributed by atoms with Gasteiger partial charge in [-0.2, -0.15) is 0 Å². The summed E-state index contributed by atoms with van der Waals surface area (Å²) in [5, 5.41) is 13.0. The lowest BCUT2D eigenvalue weighted by molar-refractivity contribution is -0.137. The van der Waals surface area contributed by atoms with E-state index in [2.05, 4.69) is 30.4 Å².